The van der Waals surface area contributed by atoms with E-state index in [1.54, 1.807) is 0 Å². The zero-order valence-electron chi connectivity index (χ0n) is 9.74. The first-order valence-electron chi connectivity index (χ1n) is 5.55. The van der Waals surface area contributed by atoms with E-state index in [-0.39, 0.29) is 5.92 Å². The number of benzene rings is 1. The molecular formula is C13H11F2N3. The summed E-state index contributed by atoms with van der Waals surface area (Å²) in [6.45, 7) is 1.88. The van der Waals surface area contributed by atoms with Gasteiger partial charge in [-0.2, -0.15) is 5.26 Å². The quantitative estimate of drug-likeness (QED) is 0.904. The maximum Gasteiger partial charge on any atom is 0.159 e. The van der Waals surface area contributed by atoms with E-state index in [9.17, 15) is 8.78 Å². The van der Waals surface area contributed by atoms with Crippen LogP contribution in [0.1, 0.15) is 25.1 Å². The van der Waals surface area contributed by atoms with E-state index < -0.39 is 11.6 Å². The van der Waals surface area contributed by atoms with Gasteiger partial charge in [0, 0.05) is 5.56 Å². The third kappa shape index (κ3) is 2.23. The fourth-order valence-corrected chi connectivity index (χ4v) is 1.67. The van der Waals surface area contributed by atoms with Crippen LogP contribution in [-0.2, 0) is 0 Å². The molecule has 1 aromatic carbocycles. The summed E-state index contributed by atoms with van der Waals surface area (Å²) in [5.41, 5.74) is 1.07. The van der Waals surface area contributed by atoms with Gasteiger partial charge in [-0.25, -0.2) is 13.8 Å². The maximum absolute atomic E-state index is 13.1. The molecule has 0 aliphatic rings. The summed E-state index contributed by atoms with van der Waals surface area (Å²) in [5.74, 6) is -1.57. The Morgan fingerprint density at radius 2 is 2.17 bits per heavy atom. The summed E-state index contributed by atoms with van der Waals surface area (Å²) in [7, 11) is 0. The monoisotopic (exact) mass is 247 g/mol. The number of hydrogen-bond acceptors (Lipinski definition) is 2. The third-order valence-electron chi connectivity index (χ3n) is 2.72. The van der Waals surface area contributed by atoms with Gasteiger partial charge in [-0.3, -0.25) is 0 Å². The molecule has 0 aliphatic carbocycles. The van der Waals surface area contributed by atoms with Crippen LogP contribution in [0.2, 0.25) is 0 Å². The van der Waals surface area contributed by atoms with Gasteiger partial charge in [0.05, 0.1) is 18.0 Å². The van der Waals surface area contributed by atoms with E-state index in [0.717, 1.165) is 12.1 Å². The van der Waals surface area contributed by atoms with E-state index in [1.165, 1.54) is 12.3 Å². The van der Waals surface area contributed by atoms with Gasteiger partial charge < -0.3 is 4.98 Å². The van der Waals surface area contributed by atoms with Gasteiger partial charge in [0.25, 0.3) is 0 Å². The molecule has 0 fully saturated rings. The minimum Gasteiger partial charge on any atom is -0.341 e. The number of halogens is 2. The lowest BCUT2D eigenvalue weighted by atomic mass is 10.1. The molecule has 0 spiro atoms. The van der Waals surface area contributed by atoms with E-state index in [0.29, 0.717) is 23.5 Å². The molecule has 0 radical (unpaired) electrons. The van der Waals surface area contributed by atoms with Gasteiger partial charge in [0.2, 0.25) is 0 Å². The van der Waals surface area contributed by atoms with Gasteiger partial charge in [0.15, 0.2) is 11.6 Å². The number of aromatic amines is 1. The zero-order valence-corrected chi connectivity index (χ0v) is 9.74. The minimum absolute atomic E-state index is 0.316. The standard InChI is InChI=1S/C13H11F2N3/c1-2-8(6-16)13-17-7-12(18-13)9-3-4-10(14)11(15)5-9/h3-5,7-8H,2H2,1H3,(H,17,18). The fraction of sp³-hybridized carbons (Fsp3) is 0.231. The van der Waals surface area contributed by atoms with Crippen molar-refractivity contribution in [2.75, 3.05) is 0 Å². The van der Waals surface area contributed by atoms with Crippen LogP contribution in [0.3, 0.4) is 0 Å². The lowest BCUT2D eigenvalue weighted by molar-refractivity contribution is 0.509. The average Bonchev–Trinajstić information content (AvgIpc) is 2.84. The Morgan fingerprint density at radius 3 is 2.78 bits per heavy atom. The Balaban J connectivity index is 2.35. The summed E-state index contributed by atoms with van der Waals surface area (Å²) >= 11 is 0. The normalized spacial score (nSPS) is 12.1. The number of rotatable bonds is 3. The molecule has 0 aliphatic heterocycles. The molecule has 2 aromatic rings. The fourth-order valence-electron chi connectivity index (χ4n) is 1.67. The Labute approximate surface area is 103 Å². The zero-order chi connectivity index (χ0) is 13.1. The molecule has 0 amide bonds. The van der Waals surface area contributed by atoms with Crippen LogP contribution in [-0.4, -0.2) is 9.97 Å². The number of nitrogens with zero attached hydrogens (tertiary/aromatic N) is 2. The largest absolute Gasteiger partial charge is 0.341 e. The molecule has 0 saturated heterocycles. The van der Waals surface area contributed by atoms with Crippen LogP contribution < -0.4 is 0 Å². The van der Waals surface area contributed by atoms with Crippen molar-refractivity contribution in [3.05, 3.63) is 41.9 Å². The summed E-state index contributed by atoms with van der Waals surface area (Å²) in [4.78, 5) is 7.05. The van der Waals surface area contributed by atoms with Crippen LogP contribution in [0.4, 0.5) is 8.78 Å². The molecule has 1 heterocycles. The molecule has 0 saturated carbocycles. The molecule has 1 aromatic heterocycles. The van der Waals surface area contributed by atoms with Crippen molar-refractivity contribution >= 4 is 0 Å². The molecule has 0 bridgehead atoms. The molecule has 18 heavy (non-hydrogen) atoms. The van der Waals surface area contributed by atoms with Gasteiger partial charge in [-0.1, -0.05) is 6.92 Å². The molecule has 1 atom stereocenters. The second-order valence-electron chi connectivity index (χ2n) is 3.90. The highest BCUT2D eigenvalue weighted by molar-refractivity contribution is 5.58. The molecule has 92 valence electrons. The predicted molar refractivity (Wildman–Crippen MR) is 62.6 cm³/mol. The first-order chi connectivity index (χ1) is 8.65. The molecule has 2 rings (SSSR count). The third-order valence-corrected chi connectivity index (χ3v) is 2.72. The van der Waals surface area contributed by atoms with Crippen molar-refractivity contribution in [1.29, 1.82) is 5.26 Å². The lowest BCUT2D eigenvalue weighted by Crippen LogP contribution is -1.96. The number of nitrogens with one attached hydrogen (secondary N) is 1. The second kappa shape index (κ2) is 4.96. The summed E-state index contributed by atoms with van der Waals surface area (Å²) < 4.78 is 25.9. The van der Waals surface area contributed by atoms with Crippen molar-refractivity contribution in [1.82, 2.24) is 9.97 Å². The van der Waals surface area contributed by atoms with Gasteiger partial charge in [-0.15, -0.1) is 0 Å². The SMILES string of the molecule is CCC(C#N)c1ncc(-c2ccc(F)c(F)c2)[nH]1. The predicted octanol–water partition coefficient (Wildman–Crippen LogP) is 3.37. The van der Waals surface area contributed by atoms with Gasteiger partial charge in [-0.05, 0) is 24.6 Å². The molecule has 1 unspecified atom stereocenters. The van der Waals surface area contributed by atoms with Crippen LogP contribution in [0, 0.1) is 23.0 Å². The van der Waals surface area contributed by atoms with Crippen LogP contribution in [0.5, 0.6) is 0 Å². The Hall–Kier alpha value is -2.22. The van der Waals surface area contributed by atoms with Crippen LogP contribution in [0.15, 0.2) is 24.4 Å². The topological polar surface area (TPSA) is 52.5 Å². The van der Waals surface area contributed by atoms with E-state index >= 15 is 0 Å². The van der Waals surface area contributed by atoms with Crippen LogP contribution >= 0.6 is 0 Å². The smallest absolute Gasteiger partial charge is 0.159 e. The second-order valence-corrected chi connectivity index (χ2v) is 3.90. The summed E-state index contributed by atoms with van der Waals surface area (Å²) in [5, 5.41) is 8.92. The van der Waals surface area contributed by atoms with Crippen LogP contribution in [0.25, 0.3) is 11.3 Å². The first kappa shape index (κ1) is 12.2. The van der Waals surface area contributed by atoms with Gasteiger partial charge in [0.1, 0.15) is 11.7 Å². The summed E-state index contributed by atoms with van der Waals surface area (Å²) in [6, 6.07) is 5.75. The number of hydrogen-bond donors (Lipinski definition) is 1. The Bertz CT molecular complexity index is 599. The number of aromatic nitrogens is 2. The highest BCUT2D eigenvalue weighted by Crippen LogP contribution is 2.22. The van der Waals surface area contributed by atoms with Crippen molar-refractivity contribution < 1.29 is 8.78 Å². The van der Waals surface area contributed by atoms with E-state index in [4.69, 9.17) is 5.26 Å². The summed E-state index contributed by atoms with van der Waals surface area (Å²) in [6.07, 6.45) is 2.16. The Morgan fingerprint density at radius 1 is 1.39 bits per heavy atom. The highest BCUT2D eigenvalue weighted by Gasteiger charge is 2.13. The van der Waals surface area contributed by atoms with Gasteiger partial charge >= 0.3 is 0 Å². The van der Waals surface area contributed by atoms with Crippen molar-refractivity contribution in [2.45, 2.75) is 19.3 Å². The number of nitriles is 1. The molecule has 1 N–H and O–H groups in total. The van der Waals surface area contributed by atoms with E-state index in [2.05, 4.69) is 16.0 Å². The first-order valence-corrected chi connectivity index (χ1v) is 5.55. The van der Waals surface area contributed by atoms with Crippen molar-refractivity contribution in [3.63, 3.8) is 0 Å². The number of imidazole rings is 1. The molecular weight excluding hydrogens is 236 g/mol. The number of H-pyrrole nitrogens is 1. The highest BCUT2D eigenvalue weighted by atomic mass is 19.2. The van der Waals surface area contributed by atoms with Crippen molar-refractivity contribution in [2.24, 2.45) is 0 Å². The Kier molecular flexibility index (Phi) is 3.38. The molecule has 3 nitrogen and oxygen atoms in total. The lowest BCUT2D eigenvalue weighted by Gasteiger charge is -2.01. The minimum atomic E-state index is -0.907. The van der Waals surface area contributed by atoms with E-state index in [1.807, 2.05) is 6.92 Å². The van der Waals surface area contributed by atoms with Crippen molar-refractivity contribution in [3.8, 4) is 17.3 Å². The average molecular weight is 247 g/mol. The maximum atomic E-state index is 13.1. The molecule has 5 heteroatoms.